The number of benzene rings is 2. The molecular formula is C18H18F3NO2. The van der Waals surface area contributed by atoms with E-state index in [4.69, 9.17) is 0 Å². The van der Waals surface area contributed by atoms with Crippen LogP contribution in [-0.4, -0.2) is 19.1 Å². The molecule has 0 saturated carbocycles. The number of aryl methyl sites for hydroxylation is 1. The van der Waals surface area contributed by atoms with Crippen molar-refractivity contribution < 1.29 is 22.7 Å². The summed E-state index contributed by atoms with van der Waals surface area (Å²) in [6.07, 6.45) is 0.742. The Morgan fingerprint density at radius 3 is 2.25 bits per heavy atom. The van der Waals surface area contributed by atoms with Crippen molar-refractivity contribution in [2.75, 3.05) is 11.4 Å². The highest BCUT2D eigenvalue weighted by Crippen LogP contribution is 2.18. The average molecular weight is 337 g/mol. The molecule has 0 fully saturated rings. The summed E-state index contributed by atoms with van der Waals surface area (Å²) in [4.78, 5) is 13.9. The second-order valence-electron chi connectivity index (χ2n) is 5.14. The SMILES string of the molecule is CCN(C(=O)CCc1ccc(OC(F)F)cc1)c1ccc(F)cc1. The van der Waals surface area contributed by atoms with Crippen molar-refractivity contribution in [2.45, 2.75) is 26.4 Å². The molecule has 0 unspecified atom stereocenters. The number of ether oxygens (including phenoxy) is 1. The zero-order chi connectivity index (χ0) is 17.5. The van der Waals surface area contributed by atoms with Gasteiger partial charge in [0.15, 0.2) is 0 Å². The van der Waals surface area contributed by atoms with Crippen LogP contribution in [0.2, 0.25) is 0 Å². The number of carbonyl (C=O) groups is 1. The van der Waals surface area contributed by atoms with E-state index >= 15 is 0 Å². The van der Waals surface area contributed by atoms with Crippen LogP contribution >= 0.6 is 0 Å². The Morgan fingerprint density at radius 1 is 1.08 bits per heavy atom. The number of rotatable bonds is 7. The van der Waals surface area contributed by atoms with Gasteiger partial charge >= 0.3 is 6.61 Å². The number of hydrogen-bond donors (Lipinski definition) is 0. The fraction of sp³-hybridized carbons (Fsp3) is 0.278. The van der Waals surface area contributed by atoms with Gasteiger partial charge in [-0.1, -0.05) is 12.1 Å². The maximum Gasteiger partial charge on any atom is 0.387 e. The van der Waals surface area contributed by atoms with E-state index in [2.05, 4.69) is 4.74 Å². The van der Waals surface area contributed by atoms with Gasteiger partial charge in [0.05, 0.1) is 0 Å². The molecule has 2 rings (SSSR count). The number of halogens is 3. The third-order valence-electron chi connectivity index (χ3n) is 3.53. The first-order valence-electron chi connectivity index (χ1n) is 7.59. The van der Waals surface area contributed by atoms with Crippen LogP contribution in [0.1, 0.15) is 18.9 Å². The maximum absolute atomic E-state index is 13.0. The normalized spacial score (nSPS) is 10.7. The number of hydrogen-bond acceptors (Lipinski definition) is 2. The van der Waals surface area contributed by atoms with Gasteiger partial charge in [0, 0.05) is 18.7 Å². The number of alkyl halides is 2. The second kappa shape index (κ2) is 8.38. The molecule has 128 valence electrons. The van der Waals surface area contributed by atoms with E-state index < -0.39 is 6.61 Å². The van der Waals surface area contributed by atoms with Crippen LogP contribution < -0.4 is 9.64 Å². The molecule has 0 saturated heterocycles. The molecule has 0 atom stereocenters. The molecule has 0 aromatic heterocycles. The van der Waals surface area contributed by atoms with Crippen molar-refractivity contribution >= 4 is 11.6 Å². The summed E-state index contributed by atoms with van der Waals surface area (Å²) < 4.78 is 41.4. The molecule has 3 nitrogen and oxygen atoms in total. The maximum atomic E-state index is 13.0. The minimum absolute atomic E-state index is 0.0848. The molecule has 0 N–H and O–H groups in total. The van der Waals surface area contributed by atoms with E-state index in [1.54, 1.807) is 29.2 Å². The number of nitrogens with zero attached hydrogens (tertiary/aromatic N) is 1. The zero-order valence-electron chi connectivity index (χ0n) is 13.2. The molecule has 24 heavy (non-hydrogen) atoms. The van der Waals surface area contributed by atoms with Crippen LogP contribution in [0, 0.1) is 5.82 Å². The van der Waals surface area contributed by atoms with Gasteiger partial charge in [0.1, 0.15) is 11.6 Å². The quantitative estimate of drug-likeness (QED) is 0.749. The lowest BCUT2D eigenvalue weighted by molar-refractivity contribution is -0.118. The highest BCUT2D eigenvalue weighted by molar-refractivity contribution is 5.93. The predicted octanol–water partition coefficient (Wildman–Crippen LogP) is 4.41. The summed E-state index contributed by atoms with van der Waals surface area (Å²) in [5, 5.41) is 0. The van der Waals surface area contributed by atoms with Gasteiger partial charge in [-0.2, -0.15) is 8.78 Å². The number of carbonyl (C=O) groups excluding carboxylic acids is 1. The molecule has 0 spiro atoms. The van der Waals surface area contributed by atoms with Crippen molar-refractivity contribution in [1.82, 2.24) is 0 Å². The predicted molar refractivity (Wildman–Crippen MR) is 85.8 cm³/mol. The van der Waals surface area contributed by atoms with Gasteiger partial charge in [0.2, 0.25) is 5.91 Å². The summed E-state index contributed by atoms with van der Waals surface area (Å²) in [5.74, 6) is -0.355. The minimum Gasteiger partial charge on any atom is -0.435 e. The molecule has 0 radical (unpaired) electrons. The molecule has 2 aromatic carbocycles. The zero-order valence-corrected chi connectivity index (χ0v) is 13.2. The molecule has 1 amide bonds. The molecule has 0 aliphatic carbocycles. The molecule has 2 aromatic rings. The third-order valence-corrected chi connectivity index (χ3v) is 3.53. The Kier molecular flexibility index (Phi) is 6.23. The summed E-state index contributed by atoms with van der Waals surface area (Å²) in [7, 11) is 0. The van der Waals surface area contributed by atoms with Crippen molar-refractivity contribution in [3.05, 3.63) is 59.9 Å². The highest BCUT2D eigenvalue weighted by Gasteiger charge is 2.14. The van der Waals surface area contributed by atoms with E-state index in [0.29, 0.717) is 18.7 Å². The molecular weight excluding hydrogens is 319 g/mol. The van der Waals surface area contributed by atoms with Crippen molar-refractivity contribution in [3.63, 3.8) is 0 Å². The van der Waals surface area contributed by atoms with Crippen LogP contribution in [0.4, 0.5) is 18.9 Å². The van der Waals surface area contributed by atoms with Gasteiger partial charge < -0.3 is 9.64 Å². The second-order valence-corrected chi connectivity index (χ2v) is 5.14. The van der Waals surface area contributed by atoms with Gasteiger partial charge in [-0.25, -0.2) is 4.39 Å². The Bertz CT molecular complexity index is 657. The van der Waals surface area contributed by atoms with Crippen LogP contribution in [0.5, 0.6) is 5.75 Å². The largest absolute Gasteiger partial charge is 0.435 e. The monoisotopic (exact) mass is 337 g/mol. The Hall–Kier alpha value is -2.50. The molecule has 0 bridgehead atoms. The van der Waals surface area contributed by atoms with E-state index in [1.807, 2.05) is 6.92 Å². The number of amides is 1. The van der Waals surface area contributed by atoms with Crippen molar-refractivity contribution in [1.29, 1.82) is 0 Å². The Labute approximate surface area is 138 Å². The van der Waals surface area contributed by atoms with Crippen LogP contribution in [0.15, 0.2) is 48.5 Å². The first-order valence-corrected chi connectivity index (χ1v) is 7.59. The lowest BCUT2D eigenvalue weighted by Crippen LogP contribution is -2.30. The fourth-order valence-corrected chi connectivity index (χ4v) is 2.35. The van der Waals surface area contributed by atoms with E-state index in [1.165, 1.54) is 24.3 Å². The van der Waals surface area contributed by atoms with E-state index in [-0.39, 0.29) is 23.9 Å². The first kappa shape index (κ1) is 17.8. The first-order chi connectivity index (χ1) is 11.5. The van der Waals surface area contributed by atoms with Gasteiger partial charge in [0.25, 0.3) is 0 Å². The molecule has 0 aliphatic rings. The van der Waals surface area contributed by atoms with Gasteiger partial charge in [-0.05, 0) is 55.3 Å². The molecule has 0 aliphatic heterocycles. The Balaban J connectivity index is 1.94. The summed E-state index contributed by atoms with van der Waals surface area (Å²) >= 11 is 0. The van der Waals surface area contributed by atoms with Gasteiger partial charge in [-0.15, -0.1) is 0 Å². The summed E-state index contributed by atoms with van der Waals surface area (Å²) in [6.45, 7) is -0.533. The standard InChI is InChI=1S/C18H18F3NO2/c1-2-22(15-8-6-14(19)7-9-15)17(23)12-5-13-3-10-16(11-4-13)24-18(20)21/h3-4,6-11,18H,2,5,12H2,1H3. The average Bonchev–Trinajstić information content (AvgIpc) is 2.56. The summed E-state index contributed by atoms with van der Waals surface area (Å²) in [6, 6.07) is 12.0. The lowest BCUT2D eigenvalue weighted by Gasteiger charge is -2.21. The topological polar surface area (TPSA) is 29.5 Å². The third kappa shape index (κ3) is 5.01. The van der Waals surface area contributed by atoms with Crippen molar-refractivity contribution in [2.24, 2.45) is 0 Å². The highest BCUT2D eigenvalue weighted by atomic mass is 19.3. The van der Waals surface area contributed by atoms with E-state index in [0.717, 1.165) is 5.56 Å². The van der Waals surface area contributed by atoms with Gasteiger partial charge in [-0.3, -0.25) is 4.79 Å². The fourth-order valence-electron chi connectivity index (χ4n) is 2.35. The van der Waals surface area contributed by atoms with Crippen LogP contribution in [0.3, 0.4) is 0 Å². The molecule has 0 heterocycles. The smallest absolute Gasteiger partial charge is 0.387 e. The van der Waals surface area contributed by atoms with Crippen molar-refractivity contribution in [3.8, 4) is 5.75 Å². The number of anilines is 1. The van der Waals surface area contributed by atoms with Crippen LogP contribution in [-0.2, 0) is 11.2 Å². The Morgan fingerprint density at radius 2 is 1.71 bits per heavy atom. The lowest BCUT2D eigenvalue weighted by atomic mass is 10.1. The summed E-state index contributed by atoms with van der Waals surface area (Å²) in [5.41, 5.74) is 1.49. The van der Waals surface area contributed by atoms with E-state index in [9.17, 15) is 18.0 Å². The van der Waals surface area contributed by atoms with Crippen LogP contribution in [0.25, 0.3) is 0 Å². The molecule has 6 heteroatoms. The minimum atomic E-state index is -2.86.